The van der Waals surface area contributed by atoms with Gasteiger partial charge in [0, 0.05) is 6.42 Å². The zero-order chi connectivity index (χ0) is 30.0. The Morgan fingerprint density at radius 1 is 0.795 bits per heavy atom. The third-order valence-electron chi connectivity index (χ3n) is 5.91. The van der Waals surface area contributed by atoms with Crippen LogP contribution in [0.3, 0.4) is 0 Å². The second-order valence-electron chi connectivity index (χ2n) is 8.44. The highest BCUT2D eigenvalue weighted by atomic mass is 32.2. The van der Waals surface area contributed by atoms with Crippen LogP contribution in [-0.2, 0) is 40.2 Å². The molecular weight excluding hydrogens is 592 g/mol. The van der Waals surface area contributed by atoms with Crippen molar-refractivity contribution in [1.29, 1.82) is 0 Å². The molecule has 0 amide bonds. The fraction of sp³-hybridized carbons (Fsp3) is 0.429. The van der Waals surface area contributed by atoms with E-state index in [-0.39, 0.29) is 0 Å². The van der Waals surface area contributed by atoms with Crippen LogP contribution in [0.2, 0.25) is 0 Å². The molecule has 3 rings (SSSR count). The van der Waals surface area contributed by atoms with Gasteiger partial charge in [0.05, 0.1) is 24.3 Å². The Morgan fingerprint density at radius 3 is 1.82 bits per heavy atom. The highest BCUT2D eigenvalue weighted by Crippen LogP contribution is 2.50. The van der Waals surface area contributed by atoms with Gasteiger partial charge in [-0.1, -0.05) is 6.07 Å². The van der Waals surface area contributed by atoms with Crippen LogP contribution in [0, 0.1) is 0 Å². The normalized spacial score (nSPS) is 14.9. The van der Waals surface area contributed by atoms with E-state index in [1.807, 2.05) is 0 Å². The fourth-order valence-corrected chi connectivity index (χ4v) is 4.85. The van der Waals surface area contributed by atoms with Crippen LogP contribution >= 0.6 is 0 Å². The summed E-state index contributed by atoms with van der Waals surface area (Å²) in [5, 5.41) is 9.11. The SMILES string of the molecule is O=S(=O)(O)c1ccc2c(c1C(F)(F)F)Cc1c-2cc(COCCC(O)(C(F)(F)F)C(F)(F)F)cc1C(F)(F)F. The molecule has 0 saturated heterocycles. The van der Waals surface area contributed by atoms with Gasteiger partial charge >= 0.3 is 24.7 Å². The van der Waals surface area contributed by atoms with Crippen LogP contribution in [0.5, 0.6) is 0 Å². The molecule has 18 heteroatoms. The summed E-state index contributed by atoms with van der Waals surface area (Å²) in [5.74, 6) is 0. The quantitative estimate of drug-likeness (QED) is 0.196. The van der Waals surface area contributed by atoms with E-state index >= 15 is 0 Å². The molecule has 0 radical (unpaired) electrons. The third-order valence-corrected chi connectivity index (χ3v) is 6.81. The van der Waals surface area contributed by atoms with E-state index in [2.05, 4.69) is 4.74 Å². The molecular formula is C21H14F12O5S. The zero-order valence-electron chi connectivity index (χ0n) is 18.7. The summed E-state index contributed by atoms with van der Waals surface area (Å²) in [6.07, 6.45) is -26.1. The molecule has 1 aliphatic carbocycles. The molecule has 0 heterocycles. The maximum Gasteiger partial charge on any atom is 0.426 e. The number of benzene rings is 2. The third kappa shape index (κ3) is 5.83. The van der Waals surface area contributed by atoms with Crippen LogP contribution < -0.4 is 0 Å². The monoisotopic (exact) mass is 606 g/mol. The summed E-state index contributed by atoms with van der Waals surface area (Å²) in [6.45, 7) is -2.47. The van der Waals surface area contributed by atoms with Crippen molar-refractivity contribution in [1.82, 2.24) is 0 Å². The second-order valence-corrected chi connectivity index (χ2v) is 9.83. The maximum atomic E-state index is 13.8. The number of hydrogen-bond acceptors (Lipinski definition) is 4. The molecule has 0 unspecified atom stereocenters. The van der Waals surface area contributed by atoms with E-state index in [9.17, 15) is 65.7 Å². The van der Waals surface area contributed by atoms with Crippen molar-refractivity contribution in [3.05, 3.63) is 52.1 Å². The van der Waals surface area contributed by atoms with Gasteiger partial charge < -0.3 is 9.84 Å². The van der Waals surface area contributed by atoms with Gasteiger partial charge in [-0.3, -0.25) is 4.55 Å². The smallest absolute Gasteiger partial charge is 0.377 e. The van der Waals surface area contributed by atoms with E-state index in [1.54, 1.807) is 0 Å². The first-order chi connectivity index (χ1) is 17.4. The minimum Gasteiger partial charge on any atom is -0.377 e. The second kappa shape index (κ2) is 9.52. The van der Waals surface area contributed by atoms with Crippen LogP contribution in [-0.4, -0.2) is 42.6 Å². The first-order valence-electron chi connectivity index (χ1n) is 10.3. The average molecular weight is 606 g/mol. The lowest BCUT2D eigenvalue weighted by Gasteiger charge is -2.32. The molecule has 2 aromatic carbocycles. The van der Waals surface area contributed by atoms with E-state index in [4.69, 9.17) is 5.11 Å². The molecule has 0 atom stereocenters. The maximum absolute atomic E-state index is 13.8. The lowest BCUT2D eigenvalue weighted by Crippen LogP contribution is -2.57. The van der Waals surface area contributed by atoms with Crippen LogP contribution in [0.4, 0.5) is 52.7 Å². The number of rotatable bonds is 6. The lowest BCUT2D eigenvalue weighted by molar-refractivity contribution is -0.371. The molecule has 218 valence electrons. The minimum absolute atomic E-state index is 0.331. The highest BCUT2D eigenvalue weighted by Gasteiger charge is 2.69. The van der Waals surface area contributed by atoms with Crippen LogP contribution in [0.25, 0.3) is 11.1 Å². The van der Waals surface area contributed by atoms with Gasteiger partial charge in [-0.05, 0) is 52.4 Å². The van der Waals surface area contributed by atoms with Gasteiger partial charge in [-0.25, -0.2) is 0 Å². The molecule has 0 spiro atoms. The molecule has 0 saturated carbocycles. The van der Waals surface area contributed by atoms with Crippen molar-refractivity contribution >= 4 is 10.1 Å². The predicted molar refractivity (Wildman–Crippen MR) is 106 cm³/mol. The van der Waals surface area contributed by atoms with E-state index in [0.29, 0.717) is 12.1 Å². The Morgan fingerprint density at radius 2 is 1.36 bits per heavy atom. The van der Waals surface area contributed by atoms with Crippen molar-refractivity contribution in [3.63, 3.8) is 0 Å². The first kappa shape index (κ1) is 31.0. The molecule has 0 aliphatic heterocycles. The van der Waals surface area contributed by atoms with Crippen molar-refractivity contribution in [3.8, 4) is 11.1 Å². The van der Waals surface area contributed by atoms with Crippen molar-refractivity contribution in [2.75, 3.05) is 6.61 Å². The molecule has 5 nitrogen and oxygen atoms in total. The number of aliphatic hydroxyl groups is 1. The van der Waals surface area contributed by atoms with Crippen molar-refractivity contribution in [2.45, 2.75) is 54.7 Å². The minimum atomic E-state index is -6.16. The number of hydrogen-bond donors (Lipinski definition) is 2. The molecule has 2 N–H and O–H groups in total. The van der Waals surface area contributed by atoms with Gasteiger partial charge in [0.1, 0.15) is 4.90 Å². The number of fused-ring (bicyclic) bond motifs is 3. The Balaban J connectivity index is 2.02. The van der Waals surface area contributed by atoms with Crippen molar-refractivity contribution < 1.29 is 75.5 Å². The standard InChI is InChI=1S/C21H14F12O5S/c22-18(23,24)14-6-9(8-38-4-3-17(34,20(28,29)30)21(31,32)33)5-11-10-1-2-15(39(35,36)37)16(19(25,26)27)13(10)7-12(11)14/h1-2,5-6,34H,3-4,7-8H2,(H,35,36,37). The fourth-order valence-electron chi connectivity index (χ4n) is 4.12. The number of ether oxygens (including phenoxy) is 1. The van der Waals surface area contributed by atoms with Gasteiger partial charge in [-0.15, -0.1) is 0 Å². The molecule has 2 aromatic rings. The summed E-state index contributed by atoms with van der Waals surface area (Å²) in [5.41, 5.74) is -11.7. The molecule has 39 heavy (non-hydrogen) atoms. The predicted octanol–water partition coefficient (Wildman–Crippen LogP) is 6.30. The van der Waals surface area contributed by atoms with Gasteiger partial charge in [-0.2, -0.15) is 61.1 Å². The lowest BCUT2D eigenvalue weighted by atomic mass is 9.97. The summed E-state index contributed by atoms with van der Waals surface area (Å²) >= 11 is 0. The topological polar surface area (TPSA) is 83.8 Å². The Hall–Kier alpha value is -2.57. The summed E-state index contributed by atoms with van der Waals surface area (Å²) in [6, 6.07) is 2.26. The number of halogens is 12. The Kier molecular flexibility index (Phi) is 7.56. The Labute approximate surface area is 210 Å². The Bertz CT molecular complexity index is 1360. The van der Waals surface area contributed by atoms with Gasteiger partial charge in [0.2, 0.25) is 0 Å². The molecule has 0 aromatic heterocycles. The molecule has 1 aliphatic rings. The molecule has 0 bridgehead atoms. The van der Waals surface area contributed by atoms with Gasteiger partial charge in [0.15, 0.2) is 0 Å². The zero-order valence-corrected chi connectivity index (χ0v) is 19.5. The van der Waals surface area contributed by atoms with Crippen LogP contribution in [0.1, 0.15) is 34.2 Å². The largest absolute Gasteiger partial charge is 0.426 e. The van der Waals surface area contributed by atoms with Crippen LogP contribution in [0.15, 0.2) is 29.2 Å². The van der Waals surface area contributed by atoms with E-state index in [0.717, 1.165) is 12.1 Å². The summed E-state index contributed by atoms with van der Waals surface area (Å²) < 4.78 is 196. The highest BCUT2D eigenvalue weighted by molar-refractivity contribution is 7.85. The van der Waals surface area contributed by atoms with E-state index in [1.165, 1.54) is 0 Å². The number of alkyl halides is 12. The van der Waals surface area contributed by atoms with Gasteiger partial charge in [0.25, 0.3) is 15.7 Å². The first-order valence-corrected chi connectivity index (χ1v) is 11.7. The summed E-state index contributed by atoms with van der Waals surface area (Å²) in [7, 11) is -5.46. The van der Waals surface area contributed by atoms with Crippen molar-refractivity contribution in [2.24, 2.45) is 0 Å². The summed E-state index contributed by atoms with van der Waals surface area (Å²) in [4.78, 5) is -1.60. The molecule has 0 fully saturated rings. The van der Waals surface area contributed by atoms with E-state index < -0.39 is 110 Å². The average Bonchev–Trinajstić information content (AvgIpc) is 3.10.